The smallest absolute Gasteiger partial charge is 0.408 e. The third-order valence-corrected chi connectivity index (χ3v) is 1.58. The first kappa shape index (κ1) is 12.5. The fourth-order valence-electron chi connectivity index (χ4n) is 0.987. The monoisotopic (exact) mass is 228 g/mol. The Morgan fingerprint density at radius 2 is 2.31 bits per heavy atom. The number of aliphatic hydroxyl groups excluding tert-OH is 1. The van der Waals surface area contributed by atoms with Crippen LogP contribution in [0, 0.1) is 0 Å². The van der Waals surface area contributed by atoms with Crippen LogP contribution in [0.2, 0.25) is 0 Å². The second kappa shape index (κ2) is 4.98. The lowest BCUT2D eigenvalue weighted by atomic mass is 10.2. The van der Waals surface area contributed by atoms with Crippen molar-refractivity contribution in [2.75, 3.05) is 0 Å². The normalized spacial score (nSPS) is 11.2. The Labute approximate surface area is 93.6 Å². The SMILES string of the molecule is CC(C)(C)OC(=O)NCc1cc(CO)no1. The van der Waals surface area contributed by atoms with Crippen LogP contribution in [0.25, 0.3) is 0 Å². The first-order chi connectivity index (χ1) is 7.40. The fourth-order valence-corrected chi connectivity index (χ4v) is 0.987. The van der Waals surface area contributed by atoms with Crippen LogP contribution in [-0.2, 0) is 17.9 Å². The number of carbonyl (C=O) groups excluding carboxylic acids is 1. The third-order valence-electron chi connectivity index (χ3n) is 1.58. The first-order valence-electron chi connectivity index (χ1n) is 4.93. The highest BCUT2D eigenvalue weighted by atomic mass is 16.6. The number of hydrogen-bond acceptors (Lipinski definition) is 5. The number of carbonyl (C=O) groups is 1. The van der Waals surface area contributed by atoms with Crippen molar-refractivity contribution >= 4 is 6.09 Å². The van der Waals surface area contributed by atoms with Crippen molar-refractivity contribution in [3.8, 4) is 0 Å². The number of hydrogen-bond donors (Lipinski definition) is 2. The summed E-state index contributed by atoms with van der Waals surface area (Å²) < 4.78 is 9.89. The highest BCUT2D eigenvalue weighted by Gasteiger charge is 2.16. The van der Waals surface area contributed by atoms with E-state index in [1.165, 1.54) is 0 Å². The van der Waals surface area contributed by atoms with E-state index >= 15 is 0 Å². The van der Waals surface area contributed by atoms with Crippen molar-refractivity contribution in [2.24, 2.45) is 0 Å². The van der Waals surface area contributed by atoms with Crippen LogP contribution >= 0.6 is 0 Å². The minimum Gasteiger partial charge on any atom is -0.444 e. The maximum absolute atomic E-state index is 11.3. The zero-order valence-corrected chi connectivity index (χ0v) is 9.61. The van der Waals surface area contributed by atoms with Crippen molar-refractivity contribution in [3.63, 3.8) is 0 Å². The van der Waals surface area contributed by atoms with Crippen LogP contribution < -0.4 is 5.32 Å². The van der Waals surface area contributed by atoms with Crippen LogP contribution in [0.5, 0.6) is 0 Å². The van der Waals surface area contributed by atoms with Crippen molar-refractivity contribution in [1.29, 1.82) is 0 Å². The van der Waals surface area contributed by atoms with Crippen LogP contribution in [0.15, 0.2) is 10.6 Å². The zero-order valence-electron chi connectivity index (χ0n) is 9.61. The van der Waals surface area contributed by atoms with E-state index in [2.05, 4.69) is 10.5 Å². The Morgan fingerprint density at radius 1 is 1.62 bits per heavy atom. The van der Waals surface area contributed by atoms with Gasteiger partial charge in [-0.2, -0.15) is 0 Å². The summed E-state index contributed by atoms with van der Waals surface area (Å²) in [5, 5.41) is 14.8. The molecule has 0 bridgehead atoms. The molecule has 0 spiro atoms. The van der Waals surface area contributed by atoms with Crippen LogP contribution in [-0.4, -0.2) is 22.0 Å². The zero-order chi connectivity index (χ0) is 12.2. The molecule has 2 N–H and O–H groups in total. The molecule has 0 unspecified atom stereocenters. The minimum atomic E-state index is -0.526. The molecule has 1 amide bonds. The van der Waals surface area contributed by atoms with E-state index in [0.29, 0.717) is 11.5 Å². The Hall–Kier alpha value is -1.56. The maximum atomic E-state index is 11.3. The lowest BCUT2D eigenvalue weighted by Crippen LogP contribution is -2.32. The van der Waals surface area contributed by atoms with E-state index in [9.17, 15) is 4.79 Å². The Balaban J connectivity index is 2.37. The fraction of sp³-hybridized carbons (Fsp3) is 0.600. The summed E-state index contributed by atoms with van der Waals surface area (Å²) in [6.07, 6.45) is -0.519. The van der Waals surface area contributed by atoms with E-state index in [0.717, 1.165) is 0 Å². The summed E-state index contributed by atoms with van der Waals surface area (Å²) in [7, 11) is 0. The molecule has 0 atom stereocenters. The van der Waals surface area contributed by atoms with Gasteiger partial charge in [0.05, 0.1) is 13.2 Å². The quantitative estimate of drug-likeness (QED) is 0.811. The minimum absolute atomic E-state index is 0.182. The molecule has 0 aromatic carbocycles. The molecule has 1 heterocycles. The maximum Gasteiger partial charge on any atom is 0.408 e. The van der Waals surface area contributed by atoms with Gasteiger partial charge >= 0.3 is 6.09 Å². The van der Waals surface area contributed by atoms with Gasteiger partial charge in [-0.05, 0) is 20.8 Å². The molecular formula is C10H16N2O4. The lowest BCUT2D eigenvalue weighted by Gasteiger charge is -2.19. The summed E-state index contributed by atoms with van der Waals surface area (Å²) in [4.78, 5) is 11.3. The van der Waals surface area contributed by atoms with E-state index < -0.39 is 11.7 Å². The number of nitrogens with zero attached hydrogens (tertiary/aromatic N) is 1. The van der Waals surface area contributed by atoms with Gasteiger partial charge in [0.1, 0.15) is 11.3 Å². The van der Waals surface area contributed by atoms with Crippen LogP contribution in [0.4, 0.5) is 4.79 Å². The molecule has 0 saturated heterocycles. The van der Waals surface area contributed by atoms with E-state index in [-0.39, 0.29) is 13.2 Å². The summed E-state index contributed by atoms with van der Waals surface area (Å²) in [6.45, 7) is 5.35. The Morgan fingerprint density at radius 3 is 2.81 bits per heavy atom. The van der Waals surface area contributed by atoms with Gasteiger partial charge in [-0.15, -0.1) is 0 Å². The second-order valence-corrected chi connectivity index (χ2v) is 4.30. The number of rotatable bonds is 3. The molecule has 0 aliphatic carbocycles. The van der Waals surface area contributed by atoms with E-state index in [4.69, 9.17) is 14.4 Å². The number of ether oxygens (including phenoxy) is 1. The molecule has 90 valence electrons. The first-order valence-corrected chi connectivity index (χ1v) is 4.93. The highest BCUT2D eigenvalue weighted by Crippen LogP contribution is 2.07. The summed E-state index contributed by atoms with van der Waals surface area (Å²) >= 11 is 0. The molecule has 1 rings (SSSR count). The Bertz CT molecular complexity index is 354. The van der Waals surface area contributed by atoms with Crippen molar-refractivity contribution in [1.82, 2.24) is 10.5 Å². The lowest BCUT2D eigenvalue weighted by molar-refractivity contribution is 0.0519. The van der Waals surface area contributed by atoms with Crippen molar-refractivity contribution in [3.05, 3.63) is 17.5 Å². The number of amides is 1. The molecule has 0 aliphatic rings. The largest absolute Gasteiger partial charge is 0.444 e. The van der Waals surface area contributed by atoms with Gasteiger partial charge in [0.2, 0.25) is 0 Å². The summed E-state index contributed by atoms with van der Waals surface area (Å²) in [5.74, 6) is 0.468. The van der Waals surface area contributed by atoms with Gasteiger partial charge in [-0.25, -0.2) is 4.79 Å². The third kappa shape index (κ3) is 4.31. The van der Waals surface area contributed by atoms with Gasteiger partial charge in [0.15, 0.2) is 5.76 Å². The standard InChI is InChI=1S/C10H16N2O4/c1-10(2,3)15-9(14)11-5-8-4-7(6-13)12-16-8/h4,13H,5-6H2,1-3H3,(H,11,14). The number of nitrogens with one attached hydrogen (secondary N) is 1. The van der Waals surface area contributed by atoms with Gasteiger partial charge < -0.3 is 19.7 Å². The predicted molar refractivity (Wildman–Crippen MR) is 55.5 cm³/mol. The molecule has 6 nitrogen and oxygen atoms in total. The predicted octanol–water partition coefficient (Wildman–Crippen LogP) is 1.19. The number of aromatic nitrogens is 1. The highest BCUT2D eigenvalue weighted by molar-refractivity contribution is 5.67. The Kier molecular flexibility index (Phi) is 3.89. The topological polar surface area (TPSA) is 84.6 Å². The molecule has 16 heavy (non-hydrogen) atoms. The van der Waals surface area contributed by atoms with E-state index in [1.807, 2.05) is 0 Å². The molecule has 1 aromatic heterocycles. The average Bonchev–Trinajstić information content (AvgIpc) is 2.59. The summed E-state index contributed by atoms with van der Waals surface area (Å²) in [5.41, 5.74) is -0.0946. The molecule has 0 radical (unpaired) electrons. The molecule has 6 heteroatoms. The van der Waals surface area contributed by atoms with Gasteiger partial charge in [-0.1, -0.05) is 5.16 Å². The van der Waals surface area contributed by atoms with Crippen molar-refractivity contribution in [2.45, 2.75) is 39.5 Å². The van der Waals surface area contributed by atoms with Gasteiger partial charge in [-0.3, -0.25) is 0 Å². The molecule has 0 aliphatic heterocycles. The number of aliphatic hydroxyl groups is 1. The molecule has 0 fully saturated rings. The van der Waals surface area contributed by atoms with Gasteiger partial charge in [0, 0.05) is 6.07 Å². The number of alkyl carbamates (subject to hydrolysis) is 1. The molecule has 0 saturated carbocycles. The summed E-state index contributed by atoms with van der Waals surface area (Å²) in [6, 6.07) is 1.57. The molecular weight excluding hydrogens is 212 g/mol. The average molecular weight is 228 g/mol. The van der Waals surface area contributed by atoms with Crippen molar-refractivity contribution < 1.29 is 19.2 Å². The van der Waals surface area contributed by atoms with Gasteiger partial charge in [0.25, 0.3) is 0 Å². The van der Waals surface area contributed by atoms with E-state index in [1.54, 1.807) is 26.8 Å². The van der Waals surface area contributed by atoms with Crippen LogP contribution in [0.1, 0.15) is 32.2 Å². The van der Waals surface area contributed by atoms with Crippen LogP contribution in [0.3, 0.4) is 0 Å². The molecule has 1 aromatic rings. The second-order valence-electron chi connectivity index (χ2n) is 4.30.